The Morgan fingerprint density at radius 3 is 2.58 bits per heavy atom. The van der Waals surface area contributed by atoms with Gasteiger partial charge in [-0.2, -0.15) is 0 Å². The van der Waals surface area contributed by atoms with Gasteiger partial charge >= 0.3 is 6.03 Å². The van der Waals surface area contributed by atoms with E-state index in [0.717, 1.165) is 10.2 Å². The molecule has 0 bridgehead atoms. The van der Waals surface area contributed by atoms with E-state index in [1.54, 1.807) is 43.5 Å². The van der Waals surface area contributed by atoms with Gasteiger partial charge in [0.2, 0.25) is 5.12 Å². The van der Waals surface area contributed by atoms with Crippen molar-refractivity contribution in [1.29, 1.82) is 0 Å². The van der Waals surface area contributed by atoms with E-state index in [-0.39, 0.29) is 10.9 Å². The summed E-state index contributed by atoms with van der Waals surface area (Å²) in [6, 6.07) is 18.4. The fraction of sp³-hybridized carbons (Fsp3) is 0.0455. The minimum Gasteiger partial charge on any atom is -0.507 e. The summed E-state index contributed by atoms with van der Waals surface area (Å²) >= 11 is 2.12. The second-order valence-electron chi connectivity index (χ2n) is 6.39. The number of aromatic nitrogens is 1. The molecule has 7 nitrogen and oxygen atoms in total. The molecule has 0 atom stereocenters. The number of amides is 2. The number of thiazole rings is 1. The molecule has 0 radical (unpaired) electrons. The van der Waals surface area contributed by atoms with Crippen LogP contribution in [0.5, 0.6) is 11.5 Å². The van der Waals surface area contributed by atoms with Crippen LogP contribution in [0.2, 0.25) is 0 Å². The molecule has 1 heterocycles. The van der Waals surface area contributed by atoms with Crippen LogP contribution in [0.25, 0.3) is 20.8 Å². The molecular weight excluding hydrogens is 434 g/mol. The van der Waals surface area contributed by atoms with Crippen LogP contribution >= 0.6 is 23.3 Å². The van der Waals surface area contributed by atoms with Crippen LogP contribution in [0.1, 0.15) is 10.4 Å². The number of nitrogens with zero attached hydrogens (tertiary/aromatic N) is 1. The van der Waals surface area contributed by atoms with Crippen molar-refractivity contribution in [2.75, 3.05) is 12.4 Å². The number of phenols is 1. The molecule has 0 spiro atoms. The molecule has 9 heteroatoms. The molecule has 4 aromatic rings. The van der Waals surface area contributed by atoms with Gasteiger partial charge < -0.3 is 15.2 Å². The first kappa shape index (κ1) is 20.7. The zero-order chi connectivity index (χ0) is 21.8. The van der Waals surface area contributed by atoms with Gasteiger partial charge in [-0.1, -0.05) is 12.1 Å². The van der Waals surface area contributed by atoms with Crippen molar-refractivity contribution in [2.24, 2.45) is 0 Å². The van der Waals surface area contributed by atoms with E-state index in [9.17, 15) is 14.7 Å². The maximum absolute atomic E-state index is 12.2. The molecule has 1 aromatic heterocycles. The van der Waals surface area contributed by atoms with Crippen LogP contribution < -0.4 is 14.8 Å². The van der Waals surface area contributed by atoms with Crippen molar-refractivity contribution in [3.63, 3.8) is 0 Å². The number of carbonyl (C=O) groups excluding carboxylic acids is 2. The van der Waals surface area contributed by atoms with Crippen molar-refractivity contribution in [1.82, 2.24) is 9.71 Å². The third kappa shape index (κ3) is 4.79. The number of carbonyl (C=O) groups is 2. The highest BCUT2D eigenvalue weighted by molar-refractivity contribution is 8.12. The van der Waals surface area contributed by atoms with Gasteiger partial charge in [0, 0.05) is 23.2 Å². The van der Waals surface area contributed by atoms with Crippen molar-refractivity contribution in [3.8, 4) is 22.1 Å². The Balaban J connectivity index is 1.42. The third-order valence-corrected chi connectivity index (χ3v) is 6.12. The lowest BCUT2D eigenvalue weighted by atomic mass is 10.2. The van der Waals surface area contributed by atoms with E-state index in [1.165, 1.54) is 17.4 Å². The maximum Gasteiger partial charge on any atom is 0.329 e. The molecule has 3 N–H and O–H groups in total. The molecule has 0 fully saturated rings. The number of ether oxygens (including phenoxy) is 1. The van der Waals surface area contributed by atoms with Crippen molar-refractivity contribution < 1.29 is 19.4 Å². The van der Waals surface area contributed by atoms with E-state index in [0.29, 0.717) is 39.5 Å². The topological polar surface area (TPSA) is 101 Å². The maximum atomic E-state index is 12.2. The zero-order valence-corrected chi connectivity index (χ0v) is 17.9. The Bertz CT molecular complexity index is 1220. The highest BCUT2D eigenvalue weighted by Gasteiger charge is 2.14. The molecule has 0 aliphatic rings. The van der Waals surface area contributed by atoms with Gasteiger partial charge in [-0.05, 0) is 54.6 Å². The number of urea groups is 1. The molecule has 0 aliphatic heterocycles. The van der Waals surface area contributed by atoms with Crippen molar-refractivity contribution >= 4 is 50.3 Å². The molecule has 2 amide bonds. The molecular formula is C22H17N3O4S2. The van der Waals surface area contributed by atoms with Crippen LogP contribution in [0.4, 0.5) is 10.5 Å². The zero-order valence-electron chi connectivity index (χ0n) is 16.3. The van der Waals surface area contributed by atoms with Crippen molar-refractivity contribution in [2.45, 2.75) is 0 Å². The number of nitrogens with one attached hydrogen (secondary N) is 2. The fourth-order valence-corrected chi connectivity index (χ4v) is 4.29. The number of benzene rings is 3. The van der Waals surface area contributed by atoms with Crippen LogP contribution in [-0.4, -0.2) is 28.3 Å². The average Bonchev–Trinajstić information content (AvgIpc) is 3.23. The number of hydrogen-bond donors (Lipinski definition) is 3. The molecule has 156 valence electrons. The predicted octanol–water partition coefficient (Wildman–Crippen LogP) is 5.29. The van der Waals surface area contributed by atoms with Crippen LogP contribution in [-0.2, 0) is 0 Å². The first-order valence-electron chi connectivity index (χ1n) is 9.14. The van der Waals surface area contributed by atoms with Gasteiger partial charge in [0.25, 0.3) is 0 Å². The second-order valence-corrected chi connectivity index (χ2v) is 8.20. The Labute approximate surface area is 186 Å². The lowest BCUT2D eigenvalue weighted by Crippen LogP contribution is -2.24. The first-order valence-corrected chi connectivity index (χ1v) is 10.8. The third-order valence-electron chi connectivity index (χ3n) is 4.34. The van der Waals surface area contributed by atoms with Gasteiger partial charge in [-0.25, -0.2) is 9.78 Å². The molecule has 3 aromatic carbocycles. The standard InChI is InChI=1S/C22H17N3O4S2/c1-29-15-9-6-13(7-10-15)21(27)31-25-22(28)23-14-8-11-18(26)16(12-14)20-24-17-4-2-3-5-19(17)30-20/h2-12,26H,1H3,(H2,23,25,28). The van der Waals surface area contributed by atoms with Crippen LogP contribution in [0.15, 0.2) is 66.7 Å². The SMILES string of the molecule is COc1ccc(C(=O)SNC(=O)Nc2ccc(O)c(-c3nc4ccccc4s3)c2)cc1. The van der Waals surface area contributed by atoms with Gasteiger partial charge in [0.15, 0.2) is 0 Å². The molecule has 31 heavy (non-hydrogen) atoms. The molecule has 0 unspecified atom stereocenters. The van der Waals surface area contributed by atoms with Crippen LogP contribution in [0, 0.1) is 0 Å². The van der Waals surface area contributed by atoms with Gasteiger partial charge in [0.1, 0.15) is 16.5 Å². The number of para-hydroxylation sites is 1. The van der Waals surface area contributed by atoms with E-state index < -0.39 is 6.03 Å². The second kappa shape index (κ2) is 9.07. The summed E-state index contributed by atoms with van der Waals surface area (Å²) in [5.74, 6) is 0.706. The predicted molar refractivity (Wildman–Crippen MR) is 124 cm³/mol. The van der Waals surface area contributed by atoms with Crippen LogP contribution in [0.3, 0.4) is 0 Å². The minimum absolute atomic E-state index is 0.0640. The smallest absolute Gasteiger partial charge is 0.329 e. The van der Waals surface area contributed by atoms with E-state index in [4.69, 9.17) is 4.74 Å². The summed E-state index contributed by atoms with van der Waals surface area (Å²) in [6.07, 6.45) is 0. The average molecular weight is 452 g/mol. The summed E-state index contributed by atoms with van der Waals surface area (Å²) in [7, 11) is 1.54. The molecule has 4 rings (SSSR count). The monoisotopic (exact) mass is 451 g/mol. The van der Waals surface area contributed by atoms with E-state index >= 15 is 0 Å². The highest BCUT2D eigenvalue weighted by Crippen LogP contribution is 2.36. The Morgan fingerprint density at radius 1 is 1.06 bits per heavy atom. The first-order chi connectivity index (χ1) is 15.0. The number of aromatic hydroxyl groups is 1. The summed E-state index contributed by atoms with van der Waals surface area (Å²) in [5.41, 5.74) is 2.25. The summed E-state index contributed by atoms with van der Waals surface area (Å²) in [4.78, 5) is 29.0. The normalized spacial score (nSPS) is 10.6. The molecule has 0 saturated heterocycles. The van der Waals surface area contributed by atoms with Gasteiger partial charge in [0.05, 0.1) is 22.9 Å². The van der Waals surface area contributed by atoms with E-state index in [2.05, 4.69) is 15.0 Å². The highest BCUT2D eigenvalue weighted by atomic mass is 32.2. The van der Waals surface area contributed by atoms with Gasteiger partial charge in [-0.3, -0.25) is 9.52 Å². The number of fused-ring (bicyclic) bond motifs is 1. The number of methoxy groups -OCH3 is 1. The number of anilines is 1. The number of rotatable bonds is 4. The summed E-state index contributed by atoms with van der Waals surface area (Å²) < 4.78 is 8.53. The lowest BCUT2D eigenvalue weighted by molar-refractivity contribution is 0.108. The fourth-order valence-electron chi connectivity index (χ4n) is 2.81. The lowest BCUT2D eigenvalue weighted by Gasteiger charge is -2.09. The number of phenolic OH excluding ortho intramolecular Hbond substituents is 1. The summed E-state index contributed by atoms with van der Waals surface area (Å²) in [6.45, 7) is 0. The Hall–Kier alpha value is -3.56. The number of hydrogen-bond acceptors (Lipinski definition) is 7. The van der Waals surface area contributed by atoms with Crippen molar-refractivity contribution in [3.05, 3.63) is 72.3 Å². The molecule has 0 saturated carbocycles. The van der Waals surface area contributed by atoms with Gasteiger partial charge in [-0.15, -0.1) is 11.3 Å². The Kier molecular flexibility index (Phi) is 6.06. The summed E-state index contributed by atoms with van der Waals surface area (Å²) in [5, 5.41) is 13.3. The Morgan fingerprint density at radius 2 is 1.84 bits per heavy atom. The quantitative estimate of drug-likeness (QED) is 0.288. The largest absolute Gasteiger partial charge is 0.507 e. The van der Waals surface area contributed by atoms with E-state index in [1.807, 2.05) is 24.3 Å². The minimum atomic E-state index is -0.562. The molecule has 0 aliphatic carbocycles.